The molecule has 1 aliphatic rings. The van der Waals surface area contributed by atoms with Crippen molar-refractivity contribution < 1.29 is 17.9 Å². The van der Waals surface area contributed by atoms with Gasteiger partial charge in [-0.3, -0.25) is 0 Å². The van der Waals surface area contributed by atoms with Crippen LogP contribution in [0.5, 0.6) is 11.5 Å². The number of sulfone groups is 1. The molecule has 0 aliphatic carbocycles. The van der Waals surface area contributed by atoms with E-state index in [1.54, 1.807) is 30.3 Å². The molecule has 0 saturated carbocycles. The van der Waals surface area contributed by atoms with E-state index in [9.17, 15) is 8.42 Å². The number of hydrogen-bond acceptors (Lipinski definition) is 5. The summed E-state index contributed by atoms with van der Waals surface area (Å²) >= 11 is 5.91. The van der Waals surface area contributed by atoms with Crippen LogP contribution in [0.15, 0.2) is 70.5 Å². The van der Waals surface area contributed by atoms with Gasteiger partial charge in [0, 0.05) is 18.1 Å². The number of hydrogen-bond donors (Lipinski definition) is 0. The summed E-state index contributed by atoms with van der Waals surface area (Å²) in [6, 6.07) is 17.6. The summed E-state index contributed by atoms with van der Waals surface area (Å²) in [6.45, 7) is 5.40. The van der Waals surface area contributed by atoms with Crippen LogP contribution in [0.1, 0.15) is 23.6 Å². The van der Waals surface area contributed by atoms with Crippen molar-refractivity contribution in [2.24, 2.45) is 0 Å². The van der Waals surface area contributed by atoms with Gasteiger partial charge < -0.3 is 14.4 Å². The molecule has 0 saturated heterocycles. The first-order valence-electron chi connectivity index (χ1n) is 11.0. The molecule has 0 aromatic heterocycles. The molecule has 33 heavy (non-hydrogen) atoms. The van der Waals surface area contributed by atoms with Gasteiger partial charge >= 0.3 is 0 Å². The fraction of sp³-hybridized carbons (Fsp3) is 0.308. The van der Waals surface area contributed by atoms with Crippen molar-refractivity contribution in [1.82, 2.24) is 4.90 Å². The first-order valence-corrected chi connectivity index (χ1v) is 12.9. The smallest absolute Gasteiger partial charge is 0.210 e. The van der Waals surface area contributed by atoms with Gasteiger partial charge in [0.2, 0.25) is 9.84 Å². The molecule has 174 valence electrons. The van der Waals surface area contributed by atoms with Crippen molar-refractivity contribution >= 4 is 21.4 Å². The van der Waals surface area contributed by atoms with Crippen molar-refractivity contribution in [3.05, 3.63) is 82.4 Å². The SMILES string of the molecule is CCN1CCc2cc(OC)c(S(=O)(=O)c3ccc(OCc4ccc(Cl)cc4)cc3)cc2CC1. The van der Waals surface area contributed by atoms with Crippen LogP contribution in [0.25, 0.3) is 0 Å². The minimum absolute atomic E-state index is 0.211. The van der Waals surface area contributed by atoms with E-state index in [2.05, 4.69) is 11.8 Å². The van der Waals surface area contributed by atoms with E-state index in [0.29, 0.717) is 23.1 Å². The summed E-state index contributed by atoms with van der Waals surface area (Å²) in [5, 5.41) is 0.671. The van der Waals surface area contributed by atoms with Crippen LogP contribution in [0.2, 0.25) is 5.02 Å². The van der Waals surface area contributed by atoms with E-state index in [4.69, 9.17) is 21.1 Å². The van der Waals surface area contributed by atoms with Gasteiger partial charge in [0.1, 0.15) is 23.0 Å². The van der Waals surface area contributed by atoms with Crippen molar-refractivity contribution in [2.75, 3.05) is 26.7 Å². The number of ether oxygens (including phenoxy) is 2. The highest BCUT2D eigenvalue weighted by Crippen LogP contribution is 2.34. The number of methoxy groups -OCH3 is 1. The Kier molecular flexibility index (Phi) is 7.27. The van der Waals surface area contributed by atoms with Gasteiger partial charge in [-0.15, -0.1) is 0 Å². The molecular formula is C26H28ClNO4S. The van der Waals surface area contributed by atoms with Gasteiger partial charge in [0.25, 0.3) is 0 Å². The summed E-state index contributed by atoms with van der Waals surface area (Å²) < 4.78 is 38.3. The lowest BCUT2D eigenvalue weighted by atomic mass is 10.0. The number of halogens is 1. The maximum atomic E-state index is 13.5. The van der Waals surface area contributed by atoms with Gasteiger partial charge in [-0.25, -0.2) is 8.42 Å². The van der Waals surface area contributed by atoms with E-state index in [1.165, 1.54) is 7.11 Å². The van der Waals surface area contributed by atoms with Crippen molar-refractivity contribution in [2.45, 2.75) is 36.2 Å². The second-order valence-electron chi connectivity index (χ2n) is 8.10. The number of fused-ring (bicyclic) bond motifs is 1. The topological polar surface area (TPSA) is 55.8 Å². The molecule has 5 nitrogen and oxygen atoms in total. The molecule has 3 aromatic carbocycles. The highest BCUT2D eigenvalue weighted by molar-refractivity contribution is 7.91. The Morgan fingerprint density at radius 3 is 2.18 bits per heavy atom. The third-order valence-electron chi connectivity index (χ3n) is 6.07. The maximum Gasteiger partial charge on any atom is 0.210 e. The second kappa shape index (κ2) is 10.2. The lowest BCUT2D eigenvalue weighted by Crippen LogP contribution is -2.25. The van der Waals surface area contributed by atoms with E-state index in [0.717, 1.165) is 49.2 Å². The van der Waals surface area contributed by atoms with Gasteiger partial charge in [0.05, 0.1) is 12.0 Å². The fourth-order valence-electron chi connectivity index (χ4n) is 4.05. The summed E-state index contributed by atoms with van der Waals surface area (Å²) in [7, 11) is -2.23. The molecule has 0 atom stereocenters. The predicted octanol–water partition coefficient (Wildman–Crippen LogP) is 5.18. The van der Waals surface area contributed by atoms with Gasteiger partial charge in [-0.2, -0.15) is 0 Å². The van der Waals surface area contributed by atoms with Crippen LogP contribution in [0.3, 0.4) is 0 Å². The third-order valence-corrected chi connectivity index (χ3v) is 8.11. The molecular weight excluding hydrogens is 458 g/mol. The summed E-state index contributed by atoms with van der Waals surface area (Å²) in [5.74, 6) is 0.985. The van der Waals surface area contributed by atoms with Crippen LogP contribution < -0.4 is 9.47 Å². The third kappa shape index (κ3) is 5.35. The zero-order valence-electron chi connectivity index (χ0n) is 18.9. The van der Waals surface area contributed by atoms with Crippen LogP contribution in [0.4, 0.5) is 0 Å². The lowest BCUT2D eigenvalue weighted by molar-refractivity contribution is 0.303. The molecule has 0 N–H and O–H groups in total. The van der Waals surface area contributed by atoms with Crippen molar-refractivity contribution in [3.8, 4) is 11.5 Å². The first kappa shape index (κ1) is 23.6. The van der Waals surface area contributed by atoms with Gasteiger partial charge in [0.15, 0.2) is 0 Å². The summed E-state index contributed by atoms with van der Waals surface area (Å²) in [5.41, 5.74) is 3.22. The van der Waals surface area contributed by atoms with Gasteiger partial charge in [-0.05, 0) is 84.6 Å². The Labute approximate surface area is 200 Å². The van der Waals surface area contributed by atoms with Crippen LogP contribution in [-0.4, -0.2) is 40.1 Å². The average Bonchev–Trinajstić information content (AvgIpc) is 3.04. The number of nitrogens with zero attached hydrogens (tertiary/aromatic N) is 1. The minimum atomic E-state index is -3.74. The fourth-order valence-corrected chi connectivity index (χ4v) is 5.63. The maximum absolute atomic E-state index is 13.5. The zero-order valence-corrected chi connectivity index (χ0v) is 20.5. The lowest BCUT2D eigenvalue weighted by Gasteiger charge is -2.16. The van der Waals surface area contributed by atoms with Crippen LogP contribution >= 0.6 is 11.6 Å². The van der Waals surface area contributed by atoms with E-state index in [-0.39, 0.29) is 9.79 Å². The molecule has 1 aliphatic heterocycles. The Balaban J connectivity index is 1.56. The molecule has 0 unspecified atom stereocenters. The standard InChI is InChI=1S/C26H28ClNO4S/c1-3-28-14-12-20-16-25(31-2)26(17-21(20)13-15-28)33(29,30)24-10-8-23(9-11-24)32-18-19-4-6-22(27)7-5-19/h4-11,16-17H,3,12-15,18H2,1-2H3. The predicted molar refractivity (Wildman–Crippen MR) is 130 cm³/mol. The Morgan fingerprint density at radius 2 is 1.58 bits per heavy atom. The quantitative estimate of drug-likeness (QED) is 0.461. The molecule has 0 spiro atoms. The molecule has 7 heteroatoms. The highest BCUT2D eigenvalue weighted by atomic mass is 35.5. The van der Waals surface area contributed by atoms with Crippen LogP contribution in [-0.2, 0) is 29.3 Å². The van der Waals surface area contributed by atoms with Crippen molar-refractivity contribution in [3.63, 3.8) is 0 Å². The zero-order chi connectivity index (χ0) is 23.4. The van der Waals surface area contributed by atoms with E-state index < -0.39 is 9.84 Å². The normalized spacial score (nSPS) is 14.4. The second-order valence-corrected chi connectivity index (χ2v) is 10.5. The first-order chi connectivity index (χ1) is 15.9. The highest BCUT2D eigenvalue weighted by Gasteiger charge is 2.25. The number of rotatable bonds is 7. The molecule has 4 rings (SSSR count). The monoisotopic (exact) mass is 485 g/mol. The summed E-state index contributed by atoms with van der Waals surface area (Å²) in [6.07, 6.45) is 1.71. The molecule has 0 amide bonds. The molecule has 1 heterocycles. The molecule has 0 bridgehead atoms. The van der Waals surface area contributed by atoms with Gasteiger partial charge in [-0.1, -0.05) is 30.7 Å². The van der Waals surface area contributed by atoms with Crippen molar-refractivity contribution in [1.29, 1.82) is 0 Å². The number of benzene rings is 3. The molecule has 3 aromatic rings. The van der Waals surface area contributed by atoms with E-state index >= 15 is 0 Å². The largest absolute Gasteiger partial charge is 0.495 e. The Hall–Kier alpha value is -2.54. The number of likely N-dealkylation sites (N-methyl/N-ethyl adjacent to an activating group) is 1. The molecule has 0 fully saturated rings. The van der Waals surface area contributed by atoms with E-state index in [1.807, 2.05) is 30.3 Å². The molecule has 0 radical (unpaired) electrons. The van der Waals surface area contributed by atoms with Crippen LogP contribution in [0, 0.1) is 0 Å². The Bertz CT molecular complexity index is 1210. The average molecular weight is 486 g/mol. The summed E-state index contributed by atoms with van der Waals surface area (Å²) in [4.78, 5) is 2.80. The Morgan fingerprint density at radius 1 is 0.939 bits per heavy atom. The minimum Gasteiger partial charge on any atom is -0.495 e.